The first-order valence-electron chi connectivity index (χ1n) is 16.7. The molecule has 11 nitrogen and oxygen atoms in total. The van der Waals surface area contributed by atoms with E-state index in [1.807, 2.05) is 36.4 Å². The lowest BCUT2D eigenvalue weighted by atomic mass is 9.97. The zero-order chi connectivity index (χ0) is 37.3. The van der Waals surface area contributed by atoms with Crippen molar-refractivity contribution in [1.82, 2.24) is 24.6 Å². The minimum absolute atomic E-state index is 0.0408. The summed E-state index contributed by atoms with van der Waals surface area (Å²) in [6.45, 7) is 7.20. The SMILES string of the molecule is COc1nc(-c2cccc(-c3cccc(-c4ccn5c(=O)c(CN(C[C@@H]6CCC(=O)N6)C(=O)OC(C)(C)C)c(C)nc5c4)c3Cl)c2Cl)ccc1C=O. The molecule has 1 aliphatic heterocycles. The number of nitrogens with zero attached hydrogens (tertiary/aromatic N) is 4. The molecule has 5 aromatic rings. The largest absolute Gasteiger partial charge is 0.480 e. The summed E-state index contributed by atoms with van der Waals surface area (Å²) in [5.41, 5.74) is 4.38. The molecule has 1 fully saturated rings. The normalized spacial score (nSPS) is 14.3. The van der Waals surface area contributed by atoms with Crippen molar-refractivity contribution in [1.29, 1.82) is 0 Å². The molecular formula is C39H37Cl2N5O6. The van der Waals surface area contributed by atoms with Crippen LogP contribution in [0.25, 0.3) is 39.2 Å². The van der Waals surface area contributed by atoms with E-state index in [4.69, 9.17) is 37.7 Å². The average molecular weight is 743 g/mol. The fourth-order valence-corrected chi connectivity index (χ4v) is 6.85. The summed E-state index contributed by atoms with van der Waals surface area (Å²) in [5.74, 6) is 0.122. The number of aryl methyl sites for hydroxylation is 1. The number of benzene rings is 2. The number of methoxy groups -OCH3 is 1. The van der Waals surface area contributed by atoms with Gasteiger partial charge in [0, 0.05) is 47.5 Å². The standard InChI is InChI=1S/C39H37Cl2N5O6/c1-22-30(20-45(38(50)52-39(2,3)4)19-25-13-15-33(48)43-25)37(49)46-17-16-23(18-32(46)42-22)26-8-6-9-27(34(26)40)28-10-7-11-29(35(28)41)31-14-12-24(21-47)36(44-31)51-5/h6-12,14,16-18,21,25H,13,15,19-20H2,1-5H3,(H,43,48)/t25-/m0/s1. The molecule has 52 heavy (non-hydrogen) atoms. The lowest BCUT2D eigenvalue weighted by Crippen LogP contribution is -2.44. The van der Waals surface area contributed by atoms with Gasteiger partial charge in [0.15, 0.2) is 6.29 Å². The van der Waals surface area contributed by atoms with Crippen LogP contribution >= 0.6 is 23.2 Å². The molecule has 0 spiro atoms. The highest BCUT2D eigenvalue weighted by Gasteiger charge is 2.30. The molecule has 2 amide bonds. The summed E-state index contributed by atoms with van der Waals surface area (Å²) in [4.78, 5) is 61.1. The first kappa shape index (κ1) is 36.5. The van der Waals surface area contributed by atoms with Crippen LogP contribution in [0.4, 0.5) is 4.79 Å². The number of nitrogens with one attached hydrogen (secondary N) is 1. The number of aldehydes is 1. The van der Waals surface area contributed by atoms with E-state index < -0.39 is 11.7 Å². The maximum absolute atomic E-state index is 13.9. The molecule has 4 heterocycles. The topological polar surface area (TPSA) is 132 Å². The maximum Gasteiger partial charge on any atom is 0.410 e. The van der Waals surface area contributed by atoms with Crippen LogP contribution in [0, 0.1) is 6.92 Å². The molecule has 13 heteroatoms. The van der Waals surface area contributed by atoms with Gasteiger partial charge in [-0.3, -0.25) is 18.8 Å². The summed E-state index contributed by atoms with van der Waals surface area (Å²) in [6, 6.07) is 17.8. The van der Waals surface area contributed by atoms with E-state index in [0.717, 1.165) is 5.56 Å². The highest BCUT2D eigenvalue weighted by Crippen LogP contribution is 2.42. The highest BCUT2D eigenvalue weighted by atomic mass is 35.5. The van der Waals surface area contributed by atoms with Crippen molar-refractivity contribution in [2.75, 3.05) is 13.7 Å². The zero-order valence-electron chi connectivity index (χ0n) is 29.3. The van der Waals surface area contributed by atoms with E-state index in [9.17, 15) is 19.2 Å². The van der Waals surface area contributed by atoms with Crippen molar-refractivity contribution in [2.24, 2.45) is 0 Å². The number of ether oxygens (including phenoxy) is 2. The Labute approximate surface area is 310 Å². The van der Waals surface area contributed by atoms with Gasteiger partial charge in [-0.15, -0.1) is 0 Å². The number of amides is 2. The van der Waals surface area contributed by atoms with Gasteiger partial charge in [0.1, 0.15) is 11.2 Å². The van der Waals surface area contributed by atoms with Gasteiger partial charge in [0.05, 0.1) is 46.2 Å². The van der Waals surface area contributed by atoms with Gasteiger partial charge < -0.3 is 19.7 Å². The van der Waals surface area contributed by atoms with Gasteiger partial charge >= 0.3 is 6.09 Å². The van der Waals surface area contributed by atoms with Crippen LogP contribution in [0.5, 0.6) is 5.88 Å². The number of rotatable bonds is 9. The Hall–Kier alpha value is -5.26. The molecule has 0 bridgehead atoms. The van der Waals surface area contributed by atoms with Crippen LogP contribution in [0.3, 0.4) is 0 Å². The highest BCUT2D eigenvalue weighted by molar-refractivity contribution is 6.39. The Morgan fingerprint density at radius 2 is 1.67 bits per heavy atom. The van der Waals surface area contributed by atoms with Gasteiger partial charge in [-0.25, -0.2) is 14.8 Å². The molecule has 1 atom stereocenters. The summed E-state index contributed by atoms with van der Waals surface area (Å²) >= 11 is 14.1. The van der Waals surface area contributed by atoms with Crippen LogP contribution in [-0.4, -0.2) is 62.9 Å². The quantitative estimate of drug-likeness (QED) is 0.153. The van der Waals surface area contributed by atoms with Crippen molar-refractivity contribution in [2.45, 2.75) is 58.7 Å². The predicted octanol–water partition coefficient (Wildman–Crippen LogP) is 7.54. The molecule has 1 N–H and O–H groups in total. The molecule has 0 radical (unpaired) electrons. The van der Waals surface area contributed by atoms with E-state index in [-0.39, 0.29) is 36.5 Å². The molecule has 0 saturated carbocycles. The number of halogens is 2. The van der Waals surface area contributed by atoms with Crippen LogP contribution in [0.1, 0.15) is 55.2 Å². The van der Waals surface area contributed by atoms with Crippen molar-refractivity contribution in [3.05, 3.63) is 104 Å². The second kappa shape index (κ2) is 14.8. The molecule has 6 rings (SSSR count). The Bertz CT molecular complexity index is 2280. The molecule has 268 valence electrons. The van der Waals surface area contributed by atoms with Crippen LogP contribution in [0.2, 0.25) is 10.0 Å². The average Bonchev–Trinajstić information content (AvgIpc) is 3.52. The number of hydrogen-bond donors (Lipinski definition) is 1. The Kier molecular flexibility index (Phi) is 10.4. The summed E-state index contributed by atoms with van der Waals surface area (Å²) < 4.78 is 12.4. The molecule has 0 unspecified atom stereocenters. The van der Waals surface area contributed by atoms with E-state index in [1.54, 1.807) is 58.2 Å². The third kappa shape index (κ3) is 7.51. The van der Waals surface area contributed by atoms with Crippen LogP contribution in [0.15, 0.2) is 71.7 Å². The number of hydrogen-bond acceptors (Lipinski definition) is 8. The van der Waals surface area contributed by atoms with Gasteiger partial charge in [0.25, 0.3) is 5.56 Å². The van der Waals surface area contributed by atoms with E-state index in [1.165, 1.54) is 16.4 Å². The third-order valence-electron chi connectivity index (χ3n) is 8.74. The van der Waals surface area contributed by atoms with Crippen molar-refractivity contribution in [3.8, 4) is 39.4 Å². The number of fused-ring (bicyclic) bond motifs is 1. The fourth-order valence-electron chi connectivity index (χ4n) is 6.19. The van der Waals surface area contributed by atoms with Crippen molar-refractivity contribution in [3.63, 3.8) is 0 Å². The molecule has 1 aliphatic rings. The summed E-state index contributed by atoms with van der Waals surface area (Å²) in [5, 5.41) is 3.74. The Morgan fingerprint density at radius 3 is 2.31 bits per heavy atom. The smallest absolute Gasteiger partial charge is 0.410 e. The molecule has 3 aromatic heterocycles. The summed E-state index contributed by atoms with van der Waals surface area (Å²) in [7, 11) is 1.45. The van der Waals surface area contributed by atoms with Crippen molar-refractivity contribution >= 4 is 47.1 Å². The minimum Gasteiger partial charge on any atom is -0.480 e. The second-order valence-corrected chi connectivity index (χ2v) is 14.3. The molecule has 1 saturated heterocycles. The van der Waals surface area contributed by atoms with Gasteiger partial charge in [-0.1, -0.05) is 59.6 Å². The second-order valence-electron chi connectivity index (χ2n) is 13.5. The predicted molar refractivity (Wildman–Crippen MR) is 200 cm³/mol. The Morgan fingerprint density at radius 1 is 1.00 bits per heavy atom. The number of aromatic nitrogens is 3. The maximum atomic E-state index is 13.9. The summed E-state index contributed by atoms with van der Waals surface area (Å²) in [6.07, 6.45) is 2.69. The van der Waals surface area contributed by atoms with Gasteiger partial charge in [-0.05, 0) is 63.9 Å². The zero-order valence-corrected chi connectivity index (χ0v) is 30.8. The van der Waals surface area contributed by atoms with Crippen LogP contribution in [-0.2, 0) is 16.1 Å². The monoisotopic (exact) mass is 741 g/mol. The van der Waals surface area contributed by atoms with Crippen LogP contribution < -0.4 is 15.6 Å². The van der Waals surface area contributed by atoms with E-state index >= 15 is 0 Å². The molecule has 2 aromatic carbocycles. The first-order chi connectivity index (χ1) is 24.8. The Balaban J connectivity index is 1.34. The lowest BCUT2D eigenvalue weighted by Gasteiger charge is -2.29. The number of carbonyl (C=O) groups is 3. The fraction of sp³-hybridized carbons (Fsp3) is 0.282. The number of pyridine rings is 2. The minimum atomic E-state index is -0.751. The third-order valence-corrected chi connectivity index (χ3v) is 9.56. The molecule has 0 aliphatic carbocycles. The van der Waals surface area contributed by atoms with Gasteiger partial charge in [0.2, 0.25) is 11.8 Å². The van der Waals surface area contributed by atoms with Crippen molar-refractivity contribution < 1.29 is 23.9 Å². The number of carbonyl (C=O) groups excluding carboxylic acids is 3. The molecular weight excluding hydrogens is 705 g/mol. The van der Waals surface area contributed by atoms with Gasteiger partial charge in [-0.2, -0.15) is 0 Å². The van der Waals surface area contributed by atoms with E-state index in [0.29, 0.717) is 79.6 Å². The van der Waals surface area contributed by atoms with E-state index in [2.05, 4.69) is 10.3 Å². The lowest BCUT2D eigenvalue weighted by molar-refractivity contribution is -0.119. The first-order valence-corrected chi connectivity index (χ1v) is 17.4.